The zero-order valence-electron chi connectivity index (χ0n) is 9.97. The number of hydrogen-bond acceptors (Lipinski definition) is 3. The number of hydrogen-bond donors (Lipinski definition) is 1. The van der Waals surface area contributed by atoms with Gasteiger partial charge in [0, 0.05) is 0 Å². The van der Waals surface area contributed by atoms with Gasteiger partial charge >= 0.3 is 5.97 Å². The van der Waals surface area contributed by atoms with Crippen molar-refractivity contribution in [3.8, 4) is 0 Å². The van der Waals surface area contributed by atoms with E-state index in [1.54, 1.807) is 0 Å². The van der Waals surface area contributed by atoms with E-state index in [9.17, 15) is 4.79 Å². The predicted molar refractivity (Wildman–Crippen MR) is 66.4 cm³/mol. The van der Waals surface area contributed by atoms with Crippen molar-refractivity contribution < 1.29 is 9.53 Å². The Morgan fingerprint density at radius 1 is 1.35 bits per heavy atom. The monoisotopic (exact) mass is 233 g/mol. The van der Waals surface area contributed by atoms with Gasteiger partial charge in [-0.05, 0) is 37.2 Å². The molecule has 2 rings (SSSR count). The number of aryl methyl sites for hydroxylation is 1. The van der Waals surface area contributed by atoms with E-state index < -0.39 is 6.04 Å². The van der Waals surface area contributed by atoms with Gasteiger partial charge in [-0.25, -0.2) is 0 Å². The SMILES string of the molecule is NC(CCc1ccccc1)C(=O)OCC1CC1. The molecule has 1 aromatic rings. The molecule has 3 heteroatoms. The Morgan fingerprint density at radius 2 is 2.06 bits per heavy atom. The van der Waals surface area contributed by atoms with Gasteiger partial charge in [0.15, 0.2) is 0 Å². The zero-order chi connectivity index (χ0) is 12.1. The van der Waals surface area contributed by atoms with Crippen LogP contribution >= 0.6 is 0 Å². The summed E-state index contributed by atoms with van der Waals surface area (Å²) in [4.78, 5) is 11.5. The summed E-state index contributed by atoms with van der Waals surface area (Å²) < 4.78 is 5.15. The van der Waals surface area contributed by atoms with Gasteiger partial charge < -0.3 is 10.5 Å². The quantitative estimate of drug-likeness (QED) is 0.763. The van der Waals surface area contributed by atoms with Crippen LogP contribution in [-0.4, -0.2) is 18.6 Å². The lowest BCUT2D eigenvalue weighted by molar-refractivity contribution is -0.145. The van der Waals surface area contributed by atoms with Gasteiger partial charge in [-0.15, -0.1) is 0 Å². The van der Waals surface area contributed by atoms with Gasteiger partial charge in [0.1, 0.15) is 6.04 Å². The molecular weight excluding hydrogens is 214 g/mol. The first kappa shape index (κ1) is 12.1. The summed E-state index contributed by atoms with van der Waals surface area (Å²) in [5, 5.41) is 0. The van der Waals surface area contributed by atoms with Crippen molar-refractivity contribution in [2.75, 3.05) is 6.61 Å². The highest BCUT2D eigenvalue weighted by molar-refractivity contribution is 5.75. The number of rotatable bonds is 6. The molecule has 0 aliphatic heterocycles. The molecule has 17 heavy (non-hydrogen) atoms. The highest BCUT2D eigenvalue weighted by Gasteiger charge is 2.24. The van der Waals surface area contributed by atoms with Gasteiger partial charge in [0.25, 0.3) is 0 Å². The molecule has 0 spiro atoms. The first-order valence-electron chi connectivity index (χ1n) is 6.22. The minimum Gasteiger partial charge on any atom is -0.464 e. The van der Waals surface area contributed by atoms with E-state index >= 15 is 0 Å². The Morgan fingerprint density at radius 3 is 2.71 bits per heavy atom. The van der Waals surface area contributed by atoms with Crippen LogP contribution in [0, 0.1) is 5.92 Å². The van der Waals surface area contributed by atoms with E-state index in [0.29, 0.717) is 18.9 Å². The standard InChI is InChI=1S/C14H19NO2/c15-13(14(16)17-10-12-6-7-12)9-8-11-4-2-1-3-5-11/h1-5,12-13H,6-10,15H2. The summed E-state index contributed by atoms with van der Waals surface area (Å²) in [5.74, 6) is 0.341. The Labute approximate surface area is 102 Å². The second-order valence-electron chi connectivity index (χ2n) is 4.70. The average molecular weight is 233 g/mol. The summed E-state index contributed by atoms with van der Waals surface area (Å²) in [7, 11) is 0. The maximum atomic E-state index is 11.5. The fraction of sp³-hybridized carbons (Fsp3) is 0.500. The molecule has 0 saturated heterocycles. The van der Waals surface area contributed by atoms with Gasteiger partial charge in [0.05, 0.1) is 6.61 Å². The molecule has 1 aliphatic rings. The van der Waals surface area contributed by atoms with Gasteiger partial charge in [-0.3, -0.25) is 4.79 Å². The summed E-state index contributed by atoms with van der Waals surface area (Å²) in [6.45, 7) is 0.553. The van der Waals surface area contributed by atoms with Crippen LogP contribution in [0.4, 0.5) is 0 Å². The molecule has 1 aromatic carbocycles. The van der Waals surface area contributed by atoms with Crippen LogP contribution in [0.5, 0.6) is 0 Å². The molecule has 2 N–H and O–H groups in total. The molecule has 3 nitrogen and oxygen atoms in total. The first-order valence-corrected chi connectivity index (χ1v) is 6.22. The molecule has 1 fully saturated rings. The lowest BCUT2D eigenvalue weighted by atomic mass is 10.1. The second kappa shape index (κ2) is 5.82. The van der Waals surface area contributed by atoms with Crippen molar-refractivity contribution in [2.24, 2.45) is 11.7 Å². The molecule has 0 bridgehead atoms. The lowest BCUT2D eigenvalue weighted by Gasteiger charge is -2.11. The number of nitrogens with two attached hydrogens (primary N) is 1. The predicted octanol–water partition coefficient (Wildman–Crippen LogP) is 1.90. The topological polar surface area (TPSA) is 52.3 Å². The summed E-state index contributed by atoms with van der Waals surface area (Å²) >= 11 is 0. The average Bonchev–Trinajstić information content (AvgIpc) is 3.18. The Kier molecular flexibility index (Phi) is 4.15. The van der Waals surface area contributed by atoms with E-state index in [-0.39, 0.29) is 5.97 Å². The molecule has 1 saturated carbocycles. The molecule has 0 aromatic heterocycles. The van der Waals surface area contributed by atoms with Gasteiger partial charge in [-0.2, -0.15) is 0 Å². The number of carbonyl (C=O) groups is 1. The number of benzene rings is 1. The third kappa shape index (κ3) is 4.19. The van der Waals surface area contributed by atoms with Crippen molar-refractivity contribution >= 4 is 5.97 Å². The van der Waals surface area contributed by atoms with Crippen molar-refractivity contribution in [3.05, 3.63) is 35.9 Å². The highest BCUT2D eigenvalue weighted by atomic mass is 16.5. The van der Waals surface area contributed by atoms with Crippen LogP contribution in [0.3, 0.4) is 0 Å². The lowest BCUT2D eigenvalue weighted by Crippen LogP contribution is -2.33. The van der Waals surface area contributed by atoms with Crippen molar-refractivity contribution in [1.29, 1.82) is 0 Å². The number of ether oxygens (including phenoxy) is 1. The maximum Gasteiger partial charge on any atom is 0.322 e. The van der Waals surface area contributed by atoms with Crippen molar-refractivity contribution in [1.82, 2.24) is 0 Å². The van der Waals surface area contributed by atoms with Gasteiger partial charge in [-0.1, -0.05) is 30.3 Å². The minimum absolute atomic E-state index is 0.257. The van der Waals surface area contributed by atoms with E-state index in [0.717, 1.165) is 6.42 Å². The molecule has 0 amide bonds. The number of carbonyl (C=O) groups excluding carboxylic acids is 1. The smallest absolute Gasteiger partial charge is 0.322 e. The van der Waals surface area contributed by atoms with E-state index in [2.05, 4.69) is 0 Å². The van der Waals surface area contributed by atoms with Crippen LogP contribution in [0.2, 0.25) is 0 Å². The third-order valence-corrected chi connectivity index (χ3v) is 3.05. The minimum atomic E-state index is -0.492. The molecular formula is C14H19NO2. The van der Waals surface area contributed by atoms with Crippen molar-refractivity contribution in [2.45, 2.75) is 31.7 Å². The van der Waals surface area contributed by atoms with E-state index in [1.807, 2.05) is 30.3 Å². The van der Waals surface area contributed by atoms with E-state index in [4.69, 9.17) is 10.5 Å². The molecule has 1 unspecified atom stereocenters. The number of esters is 1. The fourth-order valence-corrected chi connectivity index (χ4v) is 1.68. The third-order valence-electron chi connectivity index (χ3n) is 3.05. The fourth-order valence-electron chi connectivity index (χ4n) is 1.68. The van der Waals surface area contributed by atoms with Crippen LogP contribution < -0.4 is 5.73 Å². The van der Waals surface area contributed by atoms with Crippen LogP contribution in [0.1, 0.15) is 24.8 Å². The van der Waals surface area contributed by atoms with E-state index in [1.165, 1.54) is 18.4 Å². The molecule has 0 radical (unpaired) electrons. The normalized spacial score (nSPS) is 16.5. The summed E-state index contributed by atoms with van der Waals surface area (Å²) in [6, 6.07) is 9.56. The van der Waals surface area contributed by atoms with Crippen LogP contribution in [-0.2, 0) is 16.0 Å². The van der Waals surface area contributed by atoms with Crippen LogP contribution in [0.15, 0.2) is 30.3 Å². The summed E-state index contributed by atoms with van der Waals surface area (Å²) in [6.07, 6.45) is 3.84. The Bertz CT molecular complexity index is 360. The first-order chi connectivity index (χ1) is 8.25. The Hall–Kier alpha value is -1.35. The molecule has 1 aliphatic carbocycles. The van der Waals surface area contributed by atoms with Crippen molar-refractivity contribution in [3.63, 3.8) is 0 Å². The Balaban J connectivity index is 1.68. The largest absolute Gasteiger partial charge is 0.464 e. The van der Waals surface area contributed by atoms with Crippen LogP contribution in [0.25, 0.3) is 0 Å². The second-order valence-corrected chi connectivity index (χ2v) is 4.70. The maximum absolute atomic E-state index is 11.5. The van der Waals surface area contributed by atoms with Gasteiger partial charge in [0.2, 0.25) is 0 Å². The summed E-state index contributed by atoms with van der Waals surface area (Å²) in [5.41, 5.74) is 7.00. The highest BCUT2D eigenvalue weighted by Crippen LogP contribution is 2.28. The molecule has 92 valence electrons. The zero-order valence-corrected chi connectivity index (χ0v) is 9.97. The molecule has 0 heterocycles. The molecule has 1 atom stereocenters.